The summed E-state index contributed by atoms with van der Waals surface area (Å²) in [6.45, 7) is 8.77. The molecule has 0 radical (unpaired) electrons. The average Bonchev–Trinajstić information content (AvgIpc) is 3.14. The molecule has 7 nitrogen and oxygen atoms in total. The molecule has 3 aliphatic heterocycles. The molecule has 0 spiro atoms. The second kappa shape index (κ2) is 8.13. The average molecular weight is 368 g/mol. The van der Waals surface area contributed by atoms with Crippen molar-refractivity contribution in [3.63, 3.8) is 0 Å². The number of hydrogen-bond acceptors (Lipinski definition) is 5. The van der Waals surface area contributed by atoms with Crippen LogP contribution in [0.25, 0.3) is 0 Å². The Morgan fingerprint density at radius 1 is 1.00 bits per heavy atom. The van der Waals surface area contributed by atoms with Crippen LogP contribution in [-0.2, 0) is 19.0 Å². The second-order valence-electron chi connectivity index (χ2n) is 8.48. The van der Waals surface area contributed by atoms with Gasteiger partial charge < -0.3 is 19.1 Å². The van der Waals surface area contributed by atoms with E-state index in [2.05, 4.69) is 0 Å². The molecule has 0 N–H and O–H groups in total. The lowest BCUT2D eigenvalue weighted by molar-refractivity contribution is -0.145. The molecule has 26 heavy (non-hydrogen) atoms. The zero-order valence-electron chi connectivity index (χ0n) is 16.2. The fourth-order valence-electron chi connectivity index (χ4n) is 4.02. The number of ether oxygens (including phenoxy) is 3. The predicted octanol–water partition coefficient (Wildman–Crippen LogP) is 2.39. The highest BCUT2D eigenvalue weighted by Gasteiger charge is 2.39. The van der Waals surface area contributed by atoms with Gasteiger partial charge in [-0.05, 0) is 52.9 Å². The molecular weight excluding hydrogens is 336 g/mol. The molecule has 0 aromatic carbocycles. The van der Waals surface area contributed by atoms with E-state index in [0.29, 0.717) is 32.7 Å². The normalized spacial score (nSPS) is 28.3. The Morgan fingerprint density at radius 2 is 1.73 bits per heavy atom. The summed E-state index contributed by atoms with van der Waals surface area (Å²) in [5, 5.41) is 0. The molecule has 3 fully saturated rings. The van der Waals surface area contributed by atoms with Gasteiger partial charge >= 0.3 is 6.09 Å². The van der Waals surface area contributed by atoms with Gasteiger partial charge in [-0.25, -0.2) is 4.79 Å². The molecule has 0 saturated carbocycles. The Kier molecular flexibility index (Phi) is 6.07. The summed E-state index contributed by atoms with van der Waals surface area (Å²) in [6, 6.07) is -0.414. The van der Waals surface area contributed by atoms with Gasteiger partial charge in [-0.1, -0.05) is 0 Å². The topological polar surface area (TPSA) is 68.3 Å². The smallest absolute Gasteiger partial charge is 0.410 e. The minimum absolute atomic E-state index is 0.0401. The minimum Gasteiger partial charge on any atom is -0.444 e. The number of nitrogens with zero attached hydrogens (tertiary/aromatic N) is 2. The van der Waals surface area contributed by atoms with E-state index in [9.17, 15) is 9.59 Å². The first kappa shape index (κ1) is 19.4. The molecular formula is C19H32N2O5. The molecule has 148 valence electrons. The van der Waals surface area contributed by atoms with Crippen LogP contribution in [0.5, 0.6) is 0 Å². The Morgan fingerprint density at radius 3 is 2.42 bits per heavy atom. The predicted molar refractivity (Wildman–Crippen MR) is 95.6 cm³/mol. The molecule has 3 aliphatic rings. The third-order valence-electron chi connectivity index (χ3n) is 5.22. The van der Waals surface area contributed by atoms with Crippen molar-refractivity contribution in [2.24, 2.45) is 5.92 Å². The second-order valence-corrected chi connectivity index (χ2v) is 8.48. The summed E-state index contributed by atoms with van der Waals surface area (Å²) in [5.41, 5.74) is -0.560. The van der Waals surface area contributed by atoms with Gasteiger partial charge in [0.25, 0.3) is 0 Å². The lowest BCUT2D eigenvalue weighted by Gasteiger charge is -2.41. The van der Waals surface area contributed by atoms with Crippen LogP contribution in [0, 0.1) is 5.92 Å². The van der Waals surface area contributed by atoms with Crippen molar-refractivity contribution in [2.75, 3.05) is 32.8 Å². The van der Waals surface area contributed by atoms with Gasteiger partial charge in [-0.2, -0.15) is 0 Å². The van der Waals surface area contributed by atoms with Crippen molar-refractivity contribution in [3.05, 3.63) is 0 Å². The standard InChI is InChI=1S/C19H32N2O5/c1-19(2,3)26-18(23)21-10-5-4-8-15(21)16(22)20-9-6-7-14(13-20)17-24-11-12-25-17/h14-15,17H,4-13H2,1-3H3. The monoisotopic (exact) mass is 368 g/mol. The van der Waals surface area contributed by atoms with E-state index in [4.69, 9.17) is 14.2 Å². The summed E-state index contributed by atoms with van der Waals surface area (Å²) < 4.78 is 16.8. The van der Waals surface area contributed by atoms with E-state index in [-0.39, 0.29) is 24.2 Å². The van der Waals surface area contributed by atoms with Crippen molar-refractivity contribution in [2.45, 2.75) is 70.8 Å². The first-order chi connectivity index (χ1) is 12.3. The molecule has 0 aromatic heterocycles. The molecule has 3 rings (SSSR count). The number of carbonyl (C=O) groups is 2. The summed E-state index contributed by atoms with van der Waals surface area (Å²) in [5.74, 6) is 0.257. The molecule has 3 saturated heterocycles. The van der Waals surface area contributed by atoms with Crippen LogP contribution in [0.1, 0.15) is 52.9 Å². The Balaban J connectivity index is 1.64. The van der Waals surface area contributed by atoms with E-state index < -0.39 is 11.6 Å². The van der Waals surface area contributed by atoms with E-state index in [1.807, 2.05) is 25.7 Å². The van der Waals surface area contributed by atoms with Gasteiger partial charge in [0, 0.05) is 25.6 Å². The van der Waals surface area contributed by atoms with Crippen LogP contribution in [0.4, 0.5) is 4.79 Å². The third-order valence-corrected chi connectivity index (χ3v) is 5.22. The van der Waals surface area contributed by atoms with Crippen molar-refractivity contribution >= 4 is 12.0 Å². The molecule has 7 heteroatoms. The molecule has 2 unspecified atom stereocenters. The maximum atomic E-state index is 13.2. The lowest BCUT2D eigenvalue weighted by atomic mass is 9.95. The van der Waals surface area contributed by atoms with Crippen LogP contribution >= 0.6 is 0 Å². The maximum Gasteiger partial charge on any atom is 0.410 e. The van der Waals surface area contributed by atoms with E-state index in [0.717, 1.165) is 32.2 Å². The van der Waals surface area contributed by atoms with Crippen molar-refractivity contribution in [3.8, 4) is 0 Å². The Labute approximate surface area is 155 Å². The number of carbonyl (C=O) groups excluding carboxylic acids is 2. The molecule has 0 aromatic rings. The van der Waals surface area contributed by atoms with E-state index in [1.165, 1.54) is 0 Å². The fraction of sp³-hybridized carbons (Fsp3) is 0.895. The summed E-state index contributed by atoms with van der Waals surface area (Å²) >= 11 is 0. The van der Waals surface area contributed by atoms with Gasteiger partial charge in [0.1, 0.15) is 11.6 Å². The molecule has 3 heterocycles. The van der Waals surface area contributed by atoms with Crippen molar-refractivity contribution in [1.29, 1.82) is 0 Å². The van der Waals surface area contributed by atoms with Crippen molar-refractivity contribution < 1.29 is 23.8 Å². The number of piperidine rings is 2. The van der Waals surface area contributed by atoms with E-state index >= 15 is 0 Å². The summed E-state index contributed by atoms with van der Waals surface area (Å²) in [4.78, 5) is 29.3. The van der Waals surface area contributed by atoms with Gasteiger partial charge in [-0.3, -0.25) is 9.69 Å². The quantitative estimate of drug-likeness (QED) is 0.749. The van der Waals surface area contributed by atoms with Crippen LogP contribution in [-0.4, -0.2) is 72.6 Å². The molecule has 2 atom stereocenters. The fourth-order valence-corrected chi connectivity index (χ4v) is 4.02. The Hall–Kier alpha value is -1.34. The lowest BCUT2D eigenvalue weighted by Crippen LogP contribution is -2.56. The third kappa shape index (κ3) is 4.68. The first-order valence-electron chi connectivity index (χ1n) is 9.87. The van der Waals surface area contributed by atoms with Crippen LogP contribution < -0.4 is 0 Å². The minimum atomic E-state index is -0.560. The van der Waals surface area contributed by atoms with Crippen LogP contribution in [0.3, 0.4) is 0 Å². The Bertz CT molecular complexity index is 513. The number of hydrogen-bond donors (Lipinski definition) is 0. The van der Waals surface area contributed by atoms with Gasteiger partial charge in [0.05, 0.1) is 13.2 Å². The van der Waals surface area contributed by atoms with E-state index in [1.54, 1.807) is 4.90 Å². The van der Waals surface area contributed by atoms with Crippen LogP contribution in [0.2, 0.25) is 0 Å². The van der Waals surface area contributed by atoms with Gasteiger partial charge in [0.2, 0.25) is 5.91 Å². The summed E-state index contributed by atoms with van der Waals surface area (Å²) in [6.07, 6.45) is 3.95. The highest BCUT2D eigenvalue weighted by Crippen LogP contribution is 2.28. The largest absolute Gasteiger partial charge is 0.444 e. The molecule has 0 aliphatic carbocycles. The molecule has 0 bridgehead atoms. The first-order valence-corrected chi connectivity index (χ1v) is 9.87. The number of likely N-dealkylation sites (tertiary alicyclic amines) is 2. The highest BCUT2D eigenvalue weighted by molar-refractivity contribution is 5.86. The summed E-state index contributed by atoms with van der Waals surface area (Å²) in [7, 11) is 0. The number of amides is 2. The van der Waals surface area contributed by atoms with Crippen molar-refractivity contribution in [1.82, 2.24) is 9.80 Å². The number of rotatable bonds is 2. The molecule has 2 amide bonds. The SMILES string of the molecule is CC(C)(C)OC(=O)N1CCCCC1C(=O)N1CCCC(C2OCCO2)C1. The highest BCUT2D eigenvalue weighted by atomic mass is 16.7. The maximum absolute atomic E-state index is 13.2. The van der Waals surface area contributed by atoms with Crippen LogP contribution in [0.15, 0.2) is 0 Å². The van der Waals surface area contributed by atoms with Gasteiger partial charge in [0.15, 0.2) is 6.29 Å². The van der Waals surface area contributed by atoms with Gasteiger partial charge in [-0.15, -0.1) is 0 Å². The zero-order valence-corrected chi connectivity index (χ0v) is 16.2. The zero-order chi connectivity index (χ0) is 18.7.